The molecule has 0 aromatic heterocycles. The van der Waals surface area contributed by atoms with Gasteiger partial charge in [-0.3, -0.25) is 0 Å². The maximum absolute atomic E-state index is 13.7. The van der Waals surface area contributed by atoms with Crippen LogP contribution in [0.1, 0.15) is 18.0 Å². The van der Waals surface area contributed by atoms with Gasteiger partial charge in [-0.2, -0.15) is 4.31 Å². The lowest BCUT2D eigenvalue weighted by atomic mass is 10.1. The van der Waals surface area contributed by atoms with E-state index in [2.05, 4.69) is 0 Å². The lowest BCUT2D eigenvalue weighted by Crippen LogP contribution is -2.43. The first-order valence-electron chi connectivity index (χ1n) is 8.80. The van der Waals surface area contributed by atoms with Crippen LogP contribution in [0.5, 0.6) is 11.5 Å². The number of fused-ring (bicyclic) bond motifs is 1. The summed E-state index contributed by atoms with van der Waals surface area (Å²) in [6, 6.07) is 9.98. The van der Waals surface area contributed by atoms with E-state index in [9.17, 15) is 12.8 Å². The first kappa shape index (κ1) is 18.2. The van der Waals surface area contributed by atoms with Crippen LogP contribution in [-0.4, -0.2) is 45.7 Å². The summed E-state index contributed by atoms with van der Waals surface area (Å²) in [4.78, 5) is 0.120. The average Bonchev–Trinajstić information content (AvgIpc) is 2.93. The summed E-state index contributed by atoms with van der Waals surface area (Å²) >= 11 is 0. The van der Waals surface area contributed by atoms with E-state index in [0.717, 1.165) is 6.42 Å². The van der Waals surface area contributed by atoms with Gasteiger partial charge in [-0.1, -0.05) is 12.1 Å². The van der Waals surface area contributed by atoms with Gasteiger partial charge < -0.3 is 14.2 Å². The predicted molar refractivity (Wildman–Crippen MR) is 95.9 cm³/mol. The number of nitrogens with zero attached hydrogens (tertiary/aromatic N) is 1. The quantitative estimate of drug-likeness (QED) is 0.802. The molecule has 0 bridgehead atoms. The molecule has 4 rings (SSSR count). The summed E-state index contributed by atoms with van der Waals surface area (Å²) in [7, 11) is -3.82. The second kappa shape index (κ2) is 7.46. The fourth-order valence-corrected chi connectivity index (χ4v) is 4.89. The normalized spacial score (nSPS) is 20.9. The van der Waals surface area contributed by atoms with E-state index in [1.165, 1.54) is 28.6 Å². The third-order valence-corrected chi connectivity index (χ3v) is 6.54. The standard InChI is InChI=1S/C19H20FNO5S/c20-15-4-1-3-14(11-15)17-13-24-10-7-21(17)27(22,23)16-5-6-18-19(12-16)26-9-2-8-25-18/h1,3-6,11-12,17H,2,7-10,13H2. The summed E-state index contributed by atoms with van der Waals surface area (Å²) in [5.74, 6) is 0.547. The lowest BCUT2D eigenvalue weighted by molar-refractivity contribution is 0.0320. The first-order chi connectivity index (χ1) is 13.1. The van der Waals surface area contributed by atoms with Gasteiger partial charge in [0.05, 0.1) is 37.4 Å². The largest absolute Gasteiger partial charge is 0.490 e. The fourth-order valence-electron chi connectivity index (χ4n) is 3.29. The molecule has 1 unspecified atom stereocenters. The molecule has 0 N–H and O–H groups in total. The molecule has 0 spiro atoms. The van der Waals surface area contributed by atoms with Crippen molar-refractivity contribution < 1.29 is 27.0 Å². The molecule has 2 aliphatic rings. The van der Waals surface area contributed by atoms with Gasteiger partial charge >= 0.3 is 0 Å². The molecular formula is C19H20FNO5S. The summed E-state index contributed by atoms with van der Waals surface area (Å²) in [6.07, 6.45) is 0.738. The minimum Gasteiger partial charge on any atom is -0.490 e. The van der Waals surface area contributed by atoms with E-state index in [1.54, 1.807) is 18.2 Å². The predicted octanol–water partition coefficient (Wildman–Crippen LogP) is 2.75. The van der Waals surface area contributed by atoms with E-state index in [0.29, 0.717) is 30.3 Å². The Kier molecular flexibility index (Phi) is 5.03. The van der Waals surface area contributed by atoms with Gasteiger partial charge in [0.15, 0.2) is 11.5 Å². The maximum Gasteiger partial charge on any atom is 0.243 e. The third-order valence-electron chi connectivity index (χ3n) is 4.64. The van der Waals surface area contributed by atoms with Gasteiger partial charge in [-0.05, 0) is 29.8 Å². The topological polar surface area (TPSA) is 65.1 Å². The van der Waals surface area contributed by atoms with Crippen LogP contribution in [-0.2, 0) is 14.8 Å². The van der Waals surface area contributed by atoms with E-state index in [4.69, 9.17) is 14.2 Å². The van der Waals surface area contributed by atoms with Crippen molar-refractivity contribution in [3.63, 3.8) is 0 Å². The molecule has 2 aromatic rings. The lowest BCUT2D eigenvalue weighted by Gasteiger charge is -2.35. The Hall–Kier alpha value is -2.16. The van der Waals surface area contributed by atoms with Crippen LogP contribution in [0, 0.1) is 5.82 Å². The number of hydrogen-bond acceptors (Lipinski definition) is 5. The molecule has 2 aliphatic heterocycles. The molecule has 1 atom stereocenters. The van der Waals surface area contributed by atoms with Crippen LogP contribution in [0.15, 0.2) is 47.4 Å². The molecule has 2 aromatic carbocycles. The van der Waals surface area contributed by atoms with Crippen LogP contribution in [0.25, 0.3) is 0 Å². The van der Waals surface area contributed by atoms with Crippen LogP contribution >= 0.6 is 0 Å². The summed E-state index contributed by atoms with van der Waals surface area (Å²) < 4.78 is 58.3. The summed E-state index contributed by atoms with van der Waals surface area (Å²) in [5, 5.41) is 0. The molecule has 27 heavy (non-hydrogen) atoms. The zero-order valence-corrected chi connectivity index (χ0v) is 15.5. The Morgan fingerprint density at radius 3 is 2.63 bits per heavy atom. The third kappa shape index (κ3) is 3.65. The van der Waals surface area contributed by atoms with Crippen LogP contribution < -0.4 is 9.47 Å². The van der Waals surface area contributed by atoms with Crippen molar-refractivity contribution in [1.82, 2.24) is 4.31 Å². The molecule has 0 radical (unpaired) electrons. The Morgan fingerprint density at radius 1 is 1.00 bits per heavy atom. The monoisotopic (exact) mass is 393 g/mol. The summed E-state index contributed by atoms with van der Waals surface area (Å²) in [6.45, 7) is 1.66. The second-order valence-corrected chi connectivity index (χ2v) is 8.31. The number of hydrogen-bond donors (Lipinski definition) is 0. The van der Waals surface area contributed by atoms with E-state index < -0.39 is 21.9 Å². The molecular weight excluding hydrogens is 373 g/mol. The van der Waals surface area contributed by atoms with Crippen LogP contribution in [0.3, 0.4) is 0 Å². The highest BCUT2D eigenvalue weighted by molar-refractivity contribution is 7.89. The molecule has 1 saturated heterocycles. The van der Waals surface area contributed by atoms with Crippen molar-refractivity contribution in [3.05, 3.63) is 53.8 Å². The number of benzene rings is 2. The van der Waals surface area contributed by atoms with Gasteiger partial charge in [0.1, 0.15) is 5.82 Å². The van der Waals surface area contributed by atoms with Crippen molar-refractivity contribution in [2.45, 2.75) is 17.4 Å². The SMILES string of the molecule is O=S(=O)(c1ccc2c(c1)OCCCO2)N1CCOCC1c1cccc(F)c1. The highest BCUT2D eigenvalue weighted by atomic mass is 32.2. The van der Waals surface area contributed by atoms with Crippen molar-refractivity contribution in [2.24, 2.45) is 0 Å². The molecule has 144 valence electrons. The molecule has 0 amide bonds. The van der Waals surface area contributed by atoms with Crippen molar-refractivity contribution >= 4 is 10.0 Å². The zero-order valence-electron chi connectivity index (χ0n) is 14.6. The number of morpholine rings is 1. The fraction of sp³-hybridized carbons (Fsp3) is 0.368. The number of rotatable bonds is 3. The molecule has 0 aliphatic carbocycles. The van der Waals surface area contributed by atoms with Gasteiger partial charge in [-0.25, -0.2) is 12.8 Å². The van der Waals surface area contributed by atoms with E-state index >= 15 is 0 Å². The van der Waals surface area contributed by atoms with Crippen LogP contribution in [0.2, 0.25) is 0 Å². The average molecular weight is 393 g/mol. The van der Waals surface area contributed by atoms with E-state index in [1.807, 2.05) is 0 Å². The van der Waals surface area contributed by atoms with E-state index in [-0.39, 0.29) is 24.7 Å². The molecule has 2 heterocycles. The van der Waals surface area contributed by atoms with Crippen molar-refractivity contribution in [3.8, 4) is 11.5 Å². The minimum absolute atomic E-state index is 0.120. The highest BCUT2D eigenvalue weighted by Crippen LogP contribution is 2.35. The Labute approximate surface area is 157 Å². The first-order valence-corrected chi connectivity index (χ1v) is 10.2. The molecule has 6 nitrogen and oxygen atoms in total. The van der Waals surface area contributed by atoms with Gasteiger partial charge in [0.2, 0.25) is 10.0 Å². The van der Waals surface area contributed by atoms with Crippen molar-refractivity contribution in [1.29, 1.82) is 0 Å². The number of ether oxygens (including phenoxy) is 3. The molecule has 8 heteroatoms. The minimum atomic E-state index is -3.82. The zero-order chi connectivity index (χ0) is 18.9. The number of sulfonamides is 1. The van der Waals surface area contributed by atoms with Crippen molar-refractivity contribution in [2.75, 3.05) is 33.0 Å². The molecule has 0 saturated carbocycles. The van der Waals surface area contributed by atoms with Gasteiger partial charge in [0.25, 0.3) is 0 Å². The Balaban J connectivity index is 1.70. The number of halogens is 1. The molecule has 1 fully saturated rings. The van der Waals surface area contributed by atoms with Gasteiger partial charge in [-0.15, -0.1) is 0 Å². The van der Waals surface area contributed by atoms with Gasteiger partial charge in [0, 0.05) is 19.0 Å². The van der Waals surface area contributed by atoms with Crippen LogP contribution in [0.4, 0.5) is 4.39 Å². The maximum atomic E-state index is 13.7. The second-order valence-electron chi connectivity index (χ2n) is 6.42. The Bertz CT molecular complexity index is 933. The Morgan fingerprint density at radius 2 is 1.81 bits per heavy atom. The smallest absolute Gasteiger partial charge is 0.243 e. The highest BCUT2D eigenvalue weighted by Gasteiger charge is 2.35. The summed E-state index contributed by atoms with van der Waals surface area (Å²) in [5.41, 5.74) is 0.563.